The van der Waals surface area contributed by atoms with Crippen LogP contribution in [0.3, 0.4) is 0 Å². The number of methoxy groups -OCH3 is 2. The lowest BCUT2D eigenvalue weighted by atomic mass is 9.82. The van der Waals surface area contributed by atoms with Crippen LogP contribution in [-0.2, 0) is 13.1 Å². The van der Waals surface area contributed by atoms with E-state index in [1.165, 1.54) is 182 Å². The lowest BCUT2D eigenvalue weighted by Crippen LogP contribution is -3.00. The van der Waals surface area contributed by atoms with Gasteiger partial charge < -0.3 is 30.9 Å². The summed E-state index contributed by atoms with van der Waals surface area (Å²) in [7, 11) is 3.53. The Balaban J connectivity index is 0.00000604. The van der Waals surface area contributed by atoms with Crippen molar-refractivity contribution in [1.82, 2.24) is 0 Å². The van der Waals surface area contributed by atoms with Crippen LogP contribution in [-0.4, -0.2) is 31.8 Å². The van der Waals surface area contributed by atoms with E-state index in [9.17, 15) is 0 Å². The maximum atomic E-state index is 5.68. The molecule has 0 unspecified atom stereocenters. The van der Waals surface area contributed by atoms with Crippen LogP contribution < -0.4 is 26.5 Å². The molecule has 1 heterocycles. The van der Waals surface area contributed by atoms with Crippen molar-refractivity contribution in [2.24, 2.45) is 0 Å². The van der Waals surface area contributed by atoms with Gasteiger partial charge in [-0.1, -0.05) is 164 Å². The summed E-state index contributed by atoms with van der Waals surface area (Å²) in [6, 6.07) is 41.0. The summed E-state index contributed by atoms with van der Waals surface area (Å²) in [5.74, 6) is 1.80. The summed E-state index contributed by atoms with van der Waals surface area (Å²) in [5.41, 5.74) is 11.1. The summed E-state index contributed by atoms with van der Waals surface area (Å²) >= 11 is 0. The first-order valence-electron chi connectivity index (χ1n) is 23.3. The Morgan fingerprint density at radius 2 is 0.783 bits per heavy atom. The Hall–Kier alpha value is -4.12. The zero-order valence-electron chi connectivity index (χ0n) is 37.2. The molecule has 0 fully saturated rings. The molecule has 0 N–H and O–H groups in total. The van der Waals surface area contributed by atoms with Gasteiger partial charge in [-0.15, -0.1) is 0 Å². The number of benzene rings is 6. The van der Waals surface area contributed by atoms with Gasteiger partial charge in [0.25, 0.3) is 0 Å². The highest BCUT2D eigenvalue weighted by Gasteiger charge is 2.37. The molecule has 6 aromatic rings. The first kappa shape index (κ1) is 45.4. The number of nitrogens with zero attached hydrogens (tertiary/aromatic N) is 1. The van der Waals surface area contributed by atoms with Gasteiger partial charge in [0, 0.05) is 22.3 Å². The molecule has 0 spiro atoms. The minimum atomic E-state index is 0. The van der Waals surface area contributed by atoms with Crippen LogP contribution >= 0.6 is 0 Å². The molecule has 0 amide bonds. The van der Waals surface area contributed by atoms with Crippen molar-refractivity contribution in [3.8, 4) is 44.9 Å². The molecule has 1 aliphatic heterocycles. The van der Waals surface area contributed by atoms with Crippen LogP contribution in [0.1, 0.15) is 128 Å². The molecule has 7 rings (SSSR count). The lowest BCUT2D eigenvalue weighted by molar-refractivity contribution is -0.953. The van der Waals surface area contributed by atoms with Crippen molar-refractivity contribution in [2.45, 2.75) is 130 Å². The number of halogens is 1. The van der Waals surface area contributed by atoms with E-state index in [1.807, 2.05) is 0 Å². The van der Waals surface area contributed by atoms with Crippen molar-refractivity contribution in [2.75, 3.05) is 27.3 Å². The summed E-state index contributed by atoms with van der Waals surface area (Å²) in [5, 5.41) is 5.32. The Bertz CT molecular complexity index is 2080. The molecule has 0 radical (unpaired) electrons. The molecule has 0 saturated heterocycles. The molecule has 0 atom stereocenters. The molecule has 0 aliphatic carbocycles. The molecular weight excluding hydrogens is 799 g/mol. The molecule has 1 aliphatic rings. The monoisotopic (exact) mass is 867 g/mol. The molecule has 0 aromatic heterocycles. The normalized spacial score (nSPS) is 13.1. The number of quaternary nitrogens is 1. The van der Waals surface area contributed by atoms with E-state index in [1.54, 1.807) is 14.2 Å². The van der Waals surface area contributed by atoms with Crippen LogP contribution in [0.15, 0.2) is 109 Å². The van der Waals surface area contributed by atoms with E-state index in [0.29, 0.717) is 0 Å². The third-order valence-corrected chi connectivity index (χ3v) is 13.3. The number of rotatable bonds is 22. The fourth-order valence-electron chi connectivity index (χ4n) is 10.1. The molecule has 0 saturated carbocycles. The van der Waals surface area contributed by atoms with E-state index in [4.69, 9.17) is 9.47 Å². The number of fused-ring (bicyclic) bond motifs is 7. The number of hydrogen-bond donors (Lipinski definition) is 0. The molecule has 6 aromatic carbocycles. The van der Waals surface area contributed by atoms with Crippen molar-refractivity contribution in [3.63, 3.8) is 0 Å². The molecule has 0 bridgehead atoms. The topological polar surface area (TPSA) is 18.5 Å². The van der Waals surface area contributed by atoms with Gasteiger partial charge >= 0.3 is 0 Å². The van der Waals surface area contributed by atoms with E-state index in [-0.39, 0.29) is 17.0 Å². The van der Waals surface area contributed by atoms with Gasteiger partial charge in [-0.25, -0.2) is 0 Å². The Morgan fingerprint density at radius 1 is 0.433 bits per heavy atom. The minimum absolute atomic E-state index is 0. The van der Waals surface area contributed by atoms with Crippen molar-refractivity contribution in [3.05, 3.63) is 120 Å². The fourth-order valence-corrected chi connectivity index (χ4v) is 10.1. The predicted octanol–water partition coefficient (Wildman–Crippen LogP) is 13.1. The lowest BCUT2D eigenvalue weighted by Gasteiger charge is -2.39. The second kappa shape index (κ2) is 22.6. The second-order valence-corrected chi connectivity index (χ2v) is 17.5. The van der Waals surface area contributed by atoms with Gasteiger partial charge in [-0.2, -0.15) is 0 Å². The van der Waals surface area contributed by atoms with Crippen LogP contribution in [0.25, 0.3) is 54.9 Å². The zero-order chi connectivity index (χ0) is 40.9. The van der Waals surface area contributed by atoms with Gasteiger partial charge in [-0.3, -0.25) is 0 Å². The van der Waals surface area contributed by atoms with Crippen LogP contribution in [0.4, 0.5) is 0 Å². The summed E-state index contributed by atoms with van der Waals surface area (Å²) < 4.78 is 12.4. The van der Waals surface area contributed by atoms with E-state index in [2.05, 4.69) is 123 Å². The van der Waals surface area contributed by atoms with Crippen LogP contribution in [0.2, 0.25) is 0 Å². The fraction of sp³-hybridized carbons (Fsp3) is 0.429. The maximum Gasteiger partial charge on any atom is 0.118 e. The van der Waals surface area contributed by atoms with Crippen LogP contribution in [0.5, 0.6) is 11.5 Å². The first-order chi connectivity index (χ1) is 29.1. The highest BCUT2D eigenvalue weighted by atomic mass is 79.9. The highest BCUT2D eigenvalue weighted by Crippen LogP contribution is 2.50. The van der Waals surface area contributed by atoms with E-state index >= 15 is 0 Å². The Kier molecular flexibility index (Phi) is 17.1. The molecule has 3 nitrogen and oxygen atoms in total. The summed E-state index contributed by atoms with van der Waals surface area (Å²) in [6.07, 6.45) is 21.5. The standard InChI is InChI=1S/C56H70NO2.BrH/c1-5-7-9-11-13-15-17-23-37-57(38-24-18-16-14-12-10-8-6-2)41-53-51(43-29-33-47(58-3)34-30-43)39-45-25-19-21-27-49(45)55(53)56-50-28-22-20-26-46(50)40-52(54(56)42-57)44-31-35-48(59-4)36-32-44;/h19-22,25-36,39-40H,5-18,23-24,37-38,41-42H2,1-4H3;1H/q+1;/p-1. The van der Waals surface area contributed by atoms with Gasteiger partial charge in [-0.05, 0) is 106 Å². The quantitative estimate of drug-likeness (QED) is 0.0500. The maximum absolute atomic E-state index is 5.68. The molecule has 318 valence electrons. The van der Waals surface area contributed by atoms with Crippen molar-refractivity contribution in [1.29, 1.82) is 0 Å². The SMILES string of the molecule is CCCCCCCCCC[N+]1(CCCCCCCCCC)Cc2c(-c3ccc(OC)cc3)cc3ccccc3c2-c2c(c(-c3ccc(OC)cc3)cc3ccccc23)C1.[Br-]. The third kappa shape index (κ3) is 10.8. The first-order valence-corrected chi connectivity index (χ1v) is 23.3. The summed E-state index contributed by atoms with van der Waals surface area (Å²) in [4.78, 5) is 0. The predicted molar refractivity (Wildman–Crippen MR) is 253 cm³/mol. The highest BCUT2D eigenvalue weighted by molar-refractivity contribution is 6.12. The van der Waals surface area contributed by atoms with Crippen molar-refractivity contribution < 1.29 is 30.9 Å². The zero-order valence-corrected chi connectivity index (χ0v) is 38.8. The van der Waals surface area contributed by atoms with Crippen molar-refractivity contribution >= 4 is 21.5 Å². The number of ether oxygens (including phenoxy) is 2. The minimum Gasteiger partial charge on any atom is -1.00 e. The number of unbranched alkanes of at least 4 members (excludes halogenated alkanes) is 14. The smallest absolute Gasteiger partial charge is 0.118 e. The third-order valence-electron chi connectivity index (χ3n) is 13.3. The average Bonchev–Trinajstić information content (AvgIpc) is 3.43. The Labute approximate surface area is 372 Å². The average molecular weight is 869 g/mol. The largest absolute Gasteiger partial charge is 1.00 e. The molecule has 4 heteroatoms. The van der Waals surface area contributed by atoms with Gasteiger partial charge in [0.2, 0.25) is 0 Å². The van der Waals surface area contributed by atoms with E-state index in [0.717, 1.165) is 29.1 Å². The van der Waals surface area contributed by atoms with Gasteiger partial charge in [0.05, 0.1) is 27.3 Å². The van der Waals surface area contributed by atoms with Gasteiger partial charge in [0.1, 0.15) is 24.6 Å². The number of hydrogen-bond acceptors (Lipinski definition) is 2. The molecule has 60 heavy (non-hydrogen) atoms. The van der Waals surface area contributed by atoms with Gasteiger partial charge in [0.15, 0.2) is 0 Å². The van der Waals surface area contributed by atoms with E-state index < -0.39 is 0 Å². The Morgan fingerprint density at radius 3 is 1.15 bits per heavy atom. The van der Waals surface area contributed by atoms with Crippen LogP contribution in [0, 0.1) is 0 Å². The summed E-state index contributed by atoms with van der Waals surface area (Å²) in [6.45, 7) is 9.10. The second-order valence-electron chi connectivity index (χ2n) is 17.5. The molecular formula is C56H70BrNO2.